The number of aryl methyl sites for hydroxylation is 2. The number of methoxy groups -OCH3 is 1. The second-order valence-electron chi connectivity index (χ2n) is 9.61. The third kappa shape index (κ3) is 6.14. The molecule has 0 bridgehead atoms. The van der Waals surface area contributed by atoms with Gasteiger partial charge in [0.2, 0.25) is 0 Å². The van der Waals surface area contributed by atoms with E-state index in [2.05, 4.69) is 0 Å². The number of rotatable bonds is 8. The van der Waals surface area contributed by atoms with E-state index < -0.39 is 57.2 Å². The molecule has 5 rings (SSSR count). The summed E-state index contributed by atoms with van der Waals surface area (Å²) in [4.78, 5) is -0.229. The van der Waals surface area contributed by atoms with Crippen molar-refractivity contribution in [1.29, 1.82) is 0 Å². The van der Waals surface area contributed by atoms with Gasteiger partial charge in [-0.1, -0.05) is 65.7 Å². The van der Waals surface area contributed by atoms with Gasteiger partial charge in [-0.3, -0.25) is 8.37 Å². The second kappa shape index (κ2) is 11.7. The number of hydrogen-bond acceptors (Lipinski definition) is 10. The van der Waals surface area contributed by atoms with Gasteiger partial charge in [0.1, 0.15) is 18.3 Å². The van der Waals surface area contributed by atoms with Crippen LogP contribution in [0.1, 0.15) is 23.0 Å². The molecular weight excluding hydrogens is 560 g/mol. The Hall–Kier alpha value is -2.68. The van der Waals surface area contributed by atoms with Crippen molar-refractivity contribution in [2.45, 2.75) is 60.6 Å². The normalized spacial score (nSPS) is 27.2. The minimum atomic E-state index is -4.41. The molecule has 2 aliphatic rings. The Kier molecular flexibility index (Phi) is 8.41. The van der Waals surface area contributed by atoms with Crippen LogP contribution in [0.15, 0.2) is 88.7 Å². The van der Waals surface area contributed by atoms with Gasteiger partial charge in [0.05, 0.1) is 16.4 Å². The molecule has 0 aliphatic carbocycles. The summed E-state index contributed by atoms with van der Waals surface area (Å²) in [6.07, 6.45) is -7.17. The summed E-state index contributed by atoms with van der Waals surface area (Å²) < 4.78 is 88.4. The van der Waals surface area contributed by atoms with E-state index in [1.54, 1.807) is 36.4 Å². The van der Waals surface area contributed by atoms with E-state index >= 15 is 0 Å². The molecule has 0 spiro atoms. The third-order valence-electron chi connectivity index (χ3n) is 6.68. The number of fused-ring (bicyclic) bond motifs is 1. The summed E-state index contributed by atoms with van der Waals surface area (Å²) in [5, 5.41) is 0. The van der Waals surface area contributed by atoms with Gasteiger partial charge in [0, 0.05) is 12.7 Å². The fourth-order valence-corrected chi connectivity index (χ4v) is 6.71. The molecule has 12 heteroatoms. The molecule has 2 aliphatic heterocycles. The van der Waals surface area contributed by atoms with Crippen LogP contribution >= 0.6 is 0 Å². The lowest BCUT2D eigenvalue weighted by molar-refractivity contribution is -0.351. The summed E-state index contributed by atoms with van der Waals surface area (Å²) in [6.45, 7) is 3.65. The molecule has 0 aromatic heterocycles. The molecule has 10 nitrogen and oxygen atoms in total. The smallest absolute Gasteiger partial charge is 0.297 e. The summed E-state index contributed by atoms with van der Waals surface area (Å²) in [6, 6.07) is 21.2. The molecule has 2 saturated heterocycles. The summed E-state index contributed by atoms with van der Waals surface area (Å²) in [7, 11) is -7.52. The largest absolute Gasteiger partial charge is 0.353 e. The molecule has 214 valence electrons. The first-order valence-corrected chi connectivity index (χ1v) is 15.4. The van der Waals surface area contributed by atoms with E-state index in [1.807, 2.05) is 32.0 Å². The van der Waals surface area contributed by atoms with Crippen molar-refractivity contribution in [2.24, 2.45) is 0 Å². The molecule has 6 atom stereocenters. The van der Waals surface area contributed by atoms with Crippen molar-refractivity contribution in [2.75, 3.05) is 13.7 Å². The monoisotopic (exact) mass is 590 g/mol. The lowest BCUT2D eigenvalue weighted by atomic mass is 9.98. The topological polar surface area (TPSA) is 124 Å². The molecule has 2 fully saturated rings. The van der Waals surface area contributed by atoms with Gasteiger partial charge in [-0.2, -0.15) is 16.8 Å². The second-order valence-corrected chi connectivity index (χ2v) is 12.8. The van der Waals surface area contributed by atoms with Crippen molar-refractivity contribution >= 4 is 20.2 Å². The van der Waals surface area contributed by atoms with Crippen LogP contribution < -0.4 is 0 Å². The Morgan fingerprint density at radius 2 is 1.23 bits per heavy atom. The maximum absolute atomic E-state index is 13.5. The highest BCUT2D eigenvalue weighted by Crippen LogP contribution is 2.38. The number of ether oxygens (including phenoxy) is 4. The maximum Gasteiger partial charge on any atom is 0.297 e. The van der Waals surface area contributed by atoms with Crippen LogP contribution in [0.25, 0.3) is 0 Å². The average Bonchev–Trinajstić information content (AvgIpc) is 2.94. The molecule has 2 heterocycles. The highest BCUT2D eigenvalue weighted by atomic mass is 32.2. The van der Waals surface area contributed by atoms with E-state index in [-0.39, 0.29) is 16.4 Å². The van der Waals surface area contributed by atoms with Crippen LogP contribution in [-0.4, -0.2) is 61.3 Å². The maximum atomic E-state index is 13.5. The van der Waals surface area contributed by atoms with Gasteiger partial charge in [-0.15, -0.1) is 0 Å². The highest BCUT2D eigenvalue weighted by molar-refractivity contribution is 7.87. The molecule has 0 radical (unpaired) electrons. The predicted molar refractivity (Wildman–Crippen MR) is 142 cm³/mol. The van der Waals surface area contributed by atoms with Gasteiger partial charge in [0.25, 0.3) is 20.2 Å². The van der Waals surface area contributed by atoms with E-state index in [1.165, 1.54) is 31.4 Å². The van der Waals surface area contributed by atoms with Crippen molar-refractivity contribution < 1.29 is 44.1 Å². The van der Waals surface area contributed by atoms with Gasteiger partial charge < -0.3 is 18.9 Å². The first-order chi connectivity index (χ1) is 19.1. The van der Waals surface area contributed by atoms with Crippen LogP contribution in [0, 0.1) is 13.8 Å². The predicted octanol–water partition coefficient (Wildman–Crippen LogP) is 3.64. The summed E-state index contributed by atoms with van der Waals surface area (Å²) in [5.74, 6) is 0. The molecular formula is C28H30O10S2. The van der Waals surface area contributed by atoms with E-state index in [9.17, 15) is 16.8 Å². The van der Waals surface area contributed by atoms with Crippen LogP contribution in [0.4, 0.5) is 0 Å². The van der Waals surface area contributed by atoms with Gasteiger partial charge in [0.15, 0.2) is 18.7 Å². The van der Waals surface area contributed by atoms with Gasteiger partial charge in [-0.25, -0.2) is 0 Å². The zero-order valence-electron chi connectivity index (χ0n) is 22.1. The number of hydrogen-bond donors (Lipinski definition) is 0. The zero-order valence-corrected chi connectivity index (χ0v) is 23.7. The molecule has 40 heavy (non-hydrogen) atoms. The lowest BCUT2D eigenvalue weighted by Gasteiger charge is -2.47. The van der Waals surface area contributed by atoms with Crippen molar-refractivity contribution in [3.05, 3.63) is 95.6 Å². The SMILES string of the molecule is CO[C@@H]1O[C@@H]2CO[C@H](c3ccccc3)O[C@H]2[C@H](OS(=O)(=O)c2ccc(C)cc2)[C@H]1OS(=O)(=O)c1ccc(C)cc1. The quantitative estimate of drug-likeness (QED) is 0.359. The molecule has 0 unspecified atom stereocenters. The Labute approximate surface area is 234 Å². The minimum Gasteiger partial charge on any atom is -0.353 e. The van der Waals surface area contributed by atoms with Crippen LogP contribution in [-0.2, 0) is 47.5 Å². The fraction of sp³-hybridized carbons (Fsp3) is 0.357. The third-order valence-corrected chi connectivity index (χ3v) is 9.33. The Balaban J connectivity index is 1.53. The van der Waals surface area contributed by atoms with E-state index in [0.29, 0.717) is 5.56 Å². The van der Waals surface area contributed by atoms with Gasteiger partial charge in [-0.05, 0) is 38.1 Å². The zero-order chi connectivity index (χ0) is 28.5. The average molecular weight is 591 g/mol. The molecule has 0 amide bonds. The highest BCUT2D eigenvalue weighted by Gasteiger charge is 2.54. The number of benzene rings is 3. The Morgan fingerprint density at radius 3 is 1.75 bits per heavy atom. The van der Waals surface area contributed by atoms with Crippen molar-refractivity contribution in [3.8, 4) is 0 Å². The Morgan fingerprint density at radius 1 is 0.700 bits per heavy atom. The first kappa shape index (κ1) is 28.8. The van der Waals surface area contributed by atoms with Crippen LogP contribution in [0.2, 0.25) is 0 Å². The minimum absolute atomic E-state index is 0.00591. The molecule has 0 saturated carbocycles. The fourth-order valence-electron chi connectivity index (χ4n) is 4.54. The van der Waals surface area contributed by atoms with Crippen molar-refractivity contribution in [3.63, 3.8) is 0 Å². The molecule has 3 aromatic carbocycles. The lowest BCUT2D eigenvalue weighted by Crippen LogP contribution is -2.64. The summed E-state index contributed by atoms with van der Waals surface area (Å²) in [5.41, 5.74) is 2.39. The van der Waals surface area contributed by atoms with E-state index in [0.717, 1.165) is 11.1 Å². The first-order valence-electron chi connectivity index (χ1n) is 12.6. The molecule has 0 N–H and O–H groups in total. The molecule has 3 aromatic rings. The standard InChI is InChI=1S/C28H30O10S2/c1-18-9-13-21(14-10-18)39(29,30)37-25-24-23(17-34-27(36-24)20-7-5-4-6-8-20)35-28(33-3)26(25)38-40(31,32)22-15-11-19(2)12-16-22/h4-16,23-28H,17H2,1-3H3/t23-,24-,25+,26-,27+,28-/m1/s1. The summed E-state index contributed by atoms with van der Waals surface area (Å²) >= 11 is 0. The van der Waals surface area contributed by atoms with Crippen molar-refractivity contribution in [1.82, 2.24) is 0 Å². The Bertz CT molecular complexity index is 1510. The van der Waals surface area contributed by atoms with E-state index in [4.69, 9.17) is 27.3 Å². The van der Waals surface area contributed by atoms with Gasteiger partial charge >= 0.3 is 0 Å². The van der Waals surface area contributed by atoms with Crippen LogP contribution in [0.3, 0.4) is 0 Å². The van der Waals surface area contributed by atoms with Crippen LogP contribution in [0.5, 0.6) is 0 Å².